The standard InChI is InChI=1S/C21H29NO4/c1-20-9-7-13-18(12(20)5-6-14(20)19(25)26-4)15(23)11-16-21(13,2)10-8-17(24)22(16)3/h11-14,18H,5-10H2,1-4H3/t12?,13?,14?,18?,20-,21+/m0/s1. The zero-order valence-electron chi connectivity index (χ0n) is 16.2. The number of ketones is 1. The van der Waals surface area contributed by atoms with E-state index in [0.717, 1.165) is 37.8 Å². The summed E-state index contributed by atoms with van der Waals surface area (Å²) in [6.45, 7) is 4.43. The summed E-state index contributed by atoms with van der Waals surface area (Å²) in [5.74, 6) is 0.508. The lowest BCUT2D eigenvalue weighted by atomic mass is 9.48. The molecule has 142 valence electrons. The van der Waals surface area contributed by atoms with Gasteiger partial charge in [0.2, 0.25) is 5.91 Å². The molecule has 0 spiro atoms. The van der Waals surface area contributed by atoms with E-state index in [1.54, 1.807) is 18.0 Å². The van der Waals surface area contributed by atoms with E-state index in [1.165, 1.54) is 7.11 Å². The fourth-order valence-electron chi connectivity index (χ4n) is 6.83. The number of ether oxygens (including phenoxy) is 1. The number of nitrogens with zero attached hydrogens (tertiary/aromatic N) is 1. The molecule has 1 amide bonds. The minimum absolute atomic E-state index is 0.0289. The molecular formula is C21H29NO4. The van der Waals surface area contributed by atoms with Gasteiger partial charge in [0.1, 0.15) is 0 Å². The first-order valence-corrected chi connectivity index (χ1v) is 9.84. The second-order valence-electron chi connectivity index (χ2n) is 9.24. The van der Waals surface area contributed by atoms with Crippen LogP contribution in [-0.2, 0) is 19.1 Å². The Morgan fingerprint density at radius 2 is 1.88 bits per heavy atom. The van der Waals surface area contributed by atoms with E-state index in [2.05, 4.69) is 13.8 Å². The predicted molar refractivity (Wildman–Crippen MR) is 95.8 cm³/mol. The lowest BCUT2D eigenvalue weighted by Gasteiger charge is -2.57. The molecule has 0 bridgehead atoms. The average molecular weight is 359 g/mol. The Morgan fingerprint density at radius 1 is 1.15 bits per heavy atom. The lowest BCUT2D eigenvalue weighted by Crippen LogP contribution is -2.56. The Balaban J connectivity index is 1.74. The minimum atomic E-state index is -0.151. The van der Waals surface area contributed by atoms with Crippen molar-refractivity contribution in [1.29, 1.82) is 0 Å². The first-order chi connectivity index (χ1) is 12.2. The summed E-state index contributed by atoms with van der Waals surface area (Å²) in [6, 6.07) is 0. The highest BCUT2D eigenvalue weighted by molar-refractivity contribution is 5.96. The number of carbonyl (C=O) groups is 3. The first kappa shape index (κ1) is 17.7. The molecule has 6 atom stereocenters. The van der Waals surface area contributed by atoms with E-state index < -0.39 is 0 Å². The molecular weight excluding hydrogens is 330 g/mol. The number of esters is 1. The molecule has 26 heavy (non-hydrogen) atoms. The SMILES string of the molecule is COC(=O)C1CCC2C3C(=O)C=C4N(C)C(=O)CC[C@]4(C)C3CC[C@]12C. The van der Waals surface area contributed by atoms with Crippen molar-refractivity contribution in [3.05, 3.63) is 11.8 Å². The summed E-state index contributed by atoms with van der Waals surface area (Å²) in [7, 11) is 3.26. The van der Waals surface area contributed by atoms with Gasteiger partial charge in [-0.05, 0) is 49.4 Å². The molecule has 1 aliphatic heterocycles. The Hall–Kier alpha value is -1.65. The topological polar surface area (TPSA) is 63.7 Å². The van der Waals surface area contributed by atoms with Gasteiger partial charge in [-0.3, -0.25) is 14.4 Å². The van der Waals surface area contributed by atoms with Gasteiger partial charge < -0.3 is 9.64 Å². The summed E-state index contributed by atoms with van der Waals surface area (Å²) >= 11 is 0. The fourth-order valence-corrected chi connectivity index (χ4v) is 6.83. The molecule has 0 radical (unpaired) electrons. The summed E-state index contributed by atoms with van der Waals surface area (Å²) in [5, 5.41) is 0. The first-order valence-electron chi connectivity index (χ1n) is 9.84. The smallest absolute Gasteiger partial charge is 0.309 e. The van der Waals surface area contributed by atoms with E-state index in [4.69, 9.17) is 4.74 Å². The maximum absolute atomic E-state index is 13.2. The number of amides is 1. The highest BCUT2D eigenvalue weighted by Gasteiger charge is 2.62. The normalized spacial score (nSPS) is 44.8. The number of piperidine rings is 1. The van der Waals surface area contributed by atoms with E-state index >= 15 is 0 Å². The van der Waals surface area contributed by atoms with Gasteiger partial charge in [0.15, 0.2) is 5.78 Å². The van der Waals surface area contributed by atoms with Crippen molar-refractivity contribution in [2.75, 3.05) is 14.2 Å². The number of methoxy groups -OCH3 is 1. The fraction of sp³-hybridized carbons (Fsp3) is 0.762. The average Bonchev–Trinajstić information content (AvgIpc) is 2.97. The van der Waals surface area contributed by atoms with Crippen LogP contribution in [0.25, 0.3) is 0 Å². The van der Waals surface area contributed by atoms with Gasteiger partial charge in [-0.15, -0.1) is 0 Å². The highest BCUT2D eigenvalue weighted by Crippen LogP contribution is 2.65. The largest absolute Gasteiger partial charge is 0.469 e. The summed E-state index contributed by atoms with van der Waals surface area (Å²) < 4.78 is 5.06. The molecule has 2 saturated carbocycles. The quantitative estimate of drug-likeness (QED) is 0.675. The number of fused-ring (bicyclic) bond motifs is 5. The molecule has 3 fully saturated rings. The Labute approximate surface area is 155 Å². The van der Waals surface area contributed by atoms with Crippen LogP contribution in [0.4, 0.5) is 0 Å². The van der Waals surface area contributed by atoms with Gasteiger partial charge in [0, 0.05) is 36.6 Å². The molecule has 1 saturated heterocycles. The molecule has 3 aliphatic carbocycles. The van der Waals surface area contributed by atoms with Crippen LogP contribution in [0.1, 0.15) is 52.4 Å². The van der Waals surface area contributed by atoms with Crippen molar-refractivity contribution in [2.45, 2.75) is 52.4 Å². The van der Waals surface area contributed by atoms with E-state index in [9.17, 15) is 14.4 Å². The summed E-state index contributed by atoms with van der Waals surface area (Å²) in [4.78, 5) is 39.4. The minimum Gasteiger partial charge on any atom is -0.469 e. The molecule has 4 rings (SSSR count). The van der Waals surface area contributed by atoms with E-state index in [0.29, 0.717) is 6.42 Å². The monoisotopic (exact) mass is 359 g/mol. The van der Waals surface area contributed by atoms with Crippen molar-refractivity contribution < 1.29 is 19.1 Å². The van der Waals surface area contributed by atoms with Gasteiger partial charge in [-0.1, -0.05) is 13.8 Å². The third-order valence-corrected chi connectivity index (χ3v) is 8.36. The number of hydrogen-bond donors (Lipinski definition) is 0. The van der Waals surface area contributed by atoms with Gasteiger partial charge in [-0.2, -0.15) is 0 Å². The molecule has 0 aromatic heterocycles. The molecule has 4 aliphatic rings. The third-order valence-electron chi connectivity index (χ3n) is 8.36. The number of rotatable bonds is 1. The van der Waals surface area contributed by atoms with Crippen LogP contribution in [0.2, 0.25) is 0 Å². The zero-order valence-corrected chi connectivity index (χ0v) is 16.2. The Kier molecular flexibility index (Phi) is 3.87. The van der Waals surface area contributed by atoms with Crippen molar-refractivity contribution in [2.24, 2.45) is 34.5 Å². The van der Waals surface area contributed by atoms with Gasteiger partial charge >= 0.3 is 5.97 Å². The van der Waals surface area contributed by atoms with Crippen LogP contribution >= 0.6 is 0 Å². The van der Waals surface area contributed by atoms with Gasteiger partial charge in [0.25, 0.3) is 0 Å². The van der Waals surface area contributed by atoms with Crippen molar-refractivity contribution >= 4 is 17.7 Å². The van der Waals surface area contributed by atoms with Crippen LogP contribution in [0.5, 0.6) is 0 Å². The molecule has 5 heteroatoms. The second-order valence-corrected chi connectivity index (χ2v) is 9.24. The predicted octanol–water partition coefficient (Wildman–Crippen LogP) is 2.94. The second kappa shape index (κ2) is 5.67. The van der Waals surface area contributed by atoms with Crippen molar-refractivity contribution in [3.8, 4) is 0 Å². The Morgan fingerprint density at radius 3 is 2.58 bits per heavy atom. The summed E-state index contributed by atoms with van der Waals surface area (Å²) in [6.07, 6.45) is 6.73. The number of carbonyl (C=O) groups excluding carboxylic acids is 3. The number of hydrogen-bond acceptors (Lipinski definition) is 4. The molecule has 5 nitrogen and oxygen atoms in total. The highest BCUT2D eigenvalue weighted by atomic mass is 16.5. The van der Waals surface area contributed by atoms with Gasteiger partial charge in [0.05, 0.1) is 13.0 Å². The molecule has 4 unspecified atom stereocenters. The lowest BCUT2D eigenvalue weighted by molar-refractivity contribution is -0.156. The van der Waals surface area contributed by atoms with Crippen LogP contribution in [0.3, 0.4) is 0 Å². The molecule has 0 aromatic rings. The van der Waals surface area contributed by atoms with Crippen molar-refractivity contribution in [1.82, 2.24) is 4.90 Å². The van der Waals surface area contributed by atoms with Crippen molar-refractivity contribution in [3.63, 3.8) is 0 Å². The maximum atomic E-state index is 13.2. The van der Waals surface area contributed by atoms with Crippen LogP contribution in [0.15, 0.2) is 11.8 Å². The molecule has 0 aromatic carbocycles. The number of likely N-dealkylation sites (tertiary alicyclic amines) is 1. The van der Waals surface area contributed by atoms with Crippen LogP contribution < -0.4 is 0 Å². The van der Waals surface area contributed by atoms with E-state index in [1.807, 2.05) is 0 Å². The van der Waals surface area contributed by atoms with E-state index in [-0.39, 0.29) is 52.2 Å². The van der Waals surface area contributed by atoms with Crippen LogP contribution in [0, 0.1) is 34.5 Å². The maximum Gasteiger partial charge on any atom is 0.309 e. The van der Waals surface area contributed by atoms with Crippen LogP contribution in [-0.4, -0.2) is 36.7 Å². The third kappa shape index (κ3) is 2.12. The molecule has 0 N–H and O–H groups in total. The van der Waals surface area contributed by atoms with Gasteiger partial charge in [-0.25, -0.2) is 0 Å². The zero-order chi connectivity index (χ0) is 18.9. The number of allylic oxidation sites excluding steroid dienone is 2. The molecule has 1 heterocycles. The summed E-state index contributed by atoms with van der Waals surface area (Å²) in [5.41, 5.74) is 0.639. The Bertz CT molecular complexity index is 713.